The molecular formula is C15H25FN2. The van der Waals surface area contributed by atoms with Crippen LogP contribution in [-0.4, -0.2) is 24.5 Å². The fraction of sp³-hybridized carbons (Fsp3) is 0.600. The number of rotatable bonds is 5. The van der Waals surface area contributed by atoms with Crippen molar-refractivity contribution in [2.75, 3.05) is 14.1 Å². The molecule has 0 heterocycles. The lowest BCUT2D eigenvalue weighted by atomic mass is 9.80. The van der Waals surface area contributed by atoms with Crippen LogP contribution < -0.4 is 5.73 Å². The minimum Gasteiger partial charge on any atom is -0.322 e. The van der Waals surface area contributed by atoms with E-state index in [0.29, 0.717) is 5.56 Å². The van der Waals surface area contributed by atoms with Gasteiger partial charge in [-0.25, -0.2) is 4.39 Å². The molecule has 0 aliphatic heterocycles. The number of hydrogen-bond donors (Lipinski definition) is 1. The zero-order chi connectivity index (χ0) is 13.9. The Hall–Kier alpha value is -0.930. The molecule has 0 saturated heterocycles. The van der Waals surface area contributed by atoms with E-state index in [0.717, 1.165) is 18.4 Å². The smallest absolute Gasteiger partial charge is 0.126 e. The van der Waals surface area contributed by atoms with Gasteiger partial charge >= 0.3 is 0 Å². The highest BCUT2D eigenvalue weighted by Crippen LogP contribution is 2.34. The molecule has 0 saturated carbocycles. The molecule has 0 amide bonds. The van der Waals surface area contributed by atoms with Gasteiger partial charge in [-0.1, -0.05) is 26.0 Å². The van der Waals surface area contributed by atoms with Crippen LogP contribution in [0.5, 0.6) is 0 Å². The van der Waals surface area contributed by atoms with Crippen LogP contribution in [-0.2, 0) is 0 Å². The molecule has 0 aliphatic carbocycles. The van der Waals surface area contributed by atoms with E-state index >= 15 is 0 Å². The van der Waals surface area contributed by atoms with E-state index in [4.69, 9.17) is 5.73 Å². The topological polar surface area (TPSA) is 29.3 Å². The van der Waals surface area contributed by atoms with Crippen molar-refractivity contribution >= 4 is 0 Å². The molecule has 1 aromatic carbocycles. The molecule has 3 heteroatoms. The lowest BCUT2D eigenvalue weighted by Crippen LogP contribution is -2.51. The third-order valence-electron chi connectivity index (χ3n) is 4.24. The number of aryl methyl sites for hydroxylation is 1. The minimum atomic E-state index is -0.172. The number of nitrogens with zero attached hydrogens (tertiary/aromatic N) is 1. The second-order valence-electron chi connectivity index (χ2n) is 5.19. The zero-order valence-corrected chi connectivity index (χ0v) is 12.1. The molecule has 0 aromatic heterocycles. The Morgan fingerprint density at radius 1 is 1.28 bits per heavy atom. The maximum atomic E-state index is 13.3. The summed E-state index contributed by atoms with van der Waals surface area (Å²) >= 11 is 0. The highest BCUT2D eigenvalue weighted by molar-refractivity contribution is 5.28. The summed E-state index contributed by atoms with van der Waals surface area (Å²) in [6, 6.07) is 5.07. The second-order valence-corrected chi connectivity index (χ2v) is 5.19. The summed E-state index contributed by atoms with van der Waals surface area (Å²) in [5.74, 6) is -0.172. The van der Waals surface area contributed by atoms with Crippen molar-refractivity contribution in [2.45, 2.75) is 45.2 Å². The van der Waals surface area contributed by atoms with Gasteiger partial charge in [0.2, 0.25) is 0 Å². The second kappa shape index (κ2) is 5.81. The highest BCUT2D eigenvalue weighted by atomic mass is 19.1. The van der Waals surface area contributed by atoms with Crippen molar-refractivity contribution in [3.05, 3.63) is 35.1 Å². The molecule has 2 nitrogen and oxygen atoms in total. The van der Waals surface area contributed by atoms with Crippen LogP contribution in [0.25, 0.3) is 0 Å². The average Bonchev–Trinajstić information content (AvgIpc) is 2.34. The normalized spacial score (nSPS) is 14.0. The molecule has 0 aliphatic rings. The van der Waals surface area contributed by atoms with E-state index in [9.17, 15) is 4.39 Å². The first-order chi connectivity index (χ1) is 8.39. The third-order valence-corrected chi connectivity index (χ3v) is 4.24. The summed E-state index contributed by atoms with van der Waals surface area (Å²) in [5.41, 5.74) is 8.03. The number of benzene rings is 1. The van der Waals surface area contributed by atoms with Gasteiger partial charge in [-0.3, -0.25) is 0 Å². The van der Waals surface area contributed by atoms with Crippen molar-refractivity contribution < 1.29 is 4.39 Å². The fourth-order valence-electron chi connectivity index (χ4n) is 2.77. The quantitative estimate of drug-likeness (QED) is 0.871. The predicted octanol–water partition coefficient (Wildman–Crippen LogP) is 3.25. The van der Waals surface area contributed by atoms with Gasteiger partial charge in [0.1, 0.15) is 5.82 Å². The monoisotopic (exact) mass is 252 g/mol. The molecule has 0 radical (unpaired) electrons. The van der Waals surface area contributed by atoms with E-state index < -0.39 is 0 Å². The highest BCUT2D eigenvalue weighted by Gasteiger charge is 2.36. The molecule has 0 spiro atoms. The summed E-state index contributed by atoms with van der Waals surface area (Å²) in [5, 5.41) is 0. The first kappa shape index (κ1) is 15.1. The average molecular weight is 252 g/mol. The van der Waals surface area contributed by atoms with Gasteiger partial charge in [0, 0.05) is 11.6 Å². The van der Waals surface area contributed by atoms with E-state index in [1.165, 1.54) is 6.07 Å². The number of hydrogen-bond acceptors (Lipinski definition) is 2. The lowest BCUT2D eigenvalue weighted by Gasteiger charge is -2.43. The van der Waals surface area contributed by atoms with Gasteiger partial charge in [0.05, 0.1) is 0 Å². The number of nitrogens with two attached hydrogens (primary N) is 1. The van der Waals surface area contributed by atoms with Crippen LogP contribution in [0.3, 0.4) is 0 Å². The number of halogens is 1. The van der Waals surface area contributed by atoms with Gasteiger partial charge in [-0.2, -0.15) is 0 Å². The Balaban J connectivity index is 3.17. The molecular weight excluding hydrogens is 227 g/mol. The molecule has 0 fully saturated rings. The van der Waals surface area contributed by atoms with E-state index in [-0.39, 0.29) is 17.4 Å². The van der Waals surface area contributed by atoms with Gasteiger partial charge in [-0.05, 0) is 51.1 Å². The largest absolute Gasteiger partial charge is 0.322 e. The molecule has 102 valence electrons. The van der Waals surface area contributed by atoms with Crippen molar-refractivity contribution in [3.8, 4) is 0 Å². The lowest BCUT2D eigenvalue weighted by molar-refractivity contribution is 0.106. The molecule has 1 aromatic rings. The molecule has 0 bridgehead atoms. The Kier molecular flexibility index (Phi) is 4.88. The van der Waals surface area contributed by atoms with E-state index in [1.54, 1.807) is 13.0 Å². The van der Waals surface area contributed by atoms with Crippen molar-refractivity contribution in [1.82, 2.24) is 4.90 Å². The van der Waals surface area contributed by atoms with Gasteiger partial charge < -0.3 is 10.6 Å². The van der Waals surface area contributed by atoms with Crippen LogP contribution in [0, 0.1) is 12.7 Å². The Labute approximate surface area is 110 Å². The van der Waals surface area contributed by atoms with Crippen LogP contribution >= 0.6 is 0 Å². The summed E-state index contributed by atoms with van der Waals surface area (Å²) in [6.45, 7) is 6.08. The van der Waals surface area contributed by atoms with Crippen LogP contribution in [0.1, 0.15) is 43.9 Å². The molecule has 1 atom stereocenters. The van der Waals surface area contributed by atoms with E-state index in [2.05, 4.69) is 32.8 Å². The standard InChI is InChI=1S/C15H25FN2/c1-6-15(7-2,18(4)5)14(17)12-8-9-13(16)11(3)10-12/h8-10,14H,6-7,17H2,1-5H3. The van der Waals surface area contributed by atoms with Crippen molar-refractivity contribution in [1.29, 1.82) is 0 Å². The molecule has 2 N–H and O–H groups in total. The fourth-order valence-corrected chi connectivity index (χ4v) is 2.77. The number of likely N-dealkylation sites (N-methyl/N-ethyl adjacent to an activating group) is 1. The van der Waals surface area contributed by atoms with Crippen LogP contribution in [0.2, 0.25) is 0 Å². The summed E-state index contributed by atoms with van der Waals surface area (Å²) < 4.78 is 13.3. The van der Waals surface area contributed by atoms with Gasteiger partial charge in [0.15, 0.2) is 0 Å². The van der Waals surface area contributed by atoms with Gasteiger partial charge in [0.25, 0.3) is 0 Å². The summed E-state index contributed by atoms with van der Waals surface area (Å²) in [7, 11) is 4.12. The van der Waals surface area contributed by atoms with Crippen LogP contribution in [0.4, 0.5) is 4.39 Å². The Bertz CT molecular complexity index is 397. The molecule has 1 rings (SSSR count). The Morgan fingerprint density at radius 2 is 1.83 bits per heavy atom. The van der Waals surface area contributed by atoms with Gasteiger partial charge in [-0.15, -0.1) is 0 Å². The molecule has 1 unspecified atom stereocenters. The third kappa shape index (κ3) is 2.57. The maximum absolute atomic E-state index is 13.3. The predicted molar refractivity (Wildman–Crippen MR) is 75.1 cm³/mol. The van der Waals surface area contributed by atoms with Crippen molar-refractivity contribution in [3.63, 3.8) is 0 Å². The SMILES string of the molecule is CCC(CC)(C(N)c1ccc(F)c(C)c1)N(C)C. The van der Waals surface area contributed by atoms with Crippen LogP contribution in [0.15, 0.2) is 18.2 Å². The van der Waals surface area contributed by atoms with E-state index in [1.807, 2.05) is 6.07 Å². The first-order valence-corrected chi connectivity index (χ1v) is 6.58. The van der Waals surface area contributed by atoms with Crippen molar-refractivity contribution in [2.24, 2.45) is 5.73 Å². The first-order valence-electron chi connectivity index (χ1n) is 6.58. The Morgan fingerprint density at radius 3 is 2.22 bits per heavy atom. The maximum Gasteiger partial charge on any atom is 0.126 e. The summed E-state index contributed by atoms with van der Waals surface area (Å²) in [6.07, 6.45) is 1.93. The zero-order valence-electron chi connectivity index (χ0n) is 12.1. The minimum absolute atomic E-state index is 0.0791. The summed E-state index contributed by atoms with van der Waals surface area (Å²) in [4.78, 5) is 2.19. The molecule has 18 heavy (non-hydrogen) atoms.